The Morgan fingerprint density at radius 3 is 2.16 bits per heavy atom. The summed E-state index contributed by atoms with van der Waals surface area (Å²) in [6.07, 6.45) is 1.79. The zero-order valence-corrected chi connectivity index (χ0v) is 22.3. The molecule has 1 amide bonds. The van der Waals surface area contributed by atoms with Crippen LogP contribution in [0.5, 0.6) is 0 Å². The summed E-state index contributed by atoms with van der Waals surface area (Å²) in [6.45, 7) is 6.15. The molecule has 0 aliphatic rings. The van der Waals surface area contributed by atoms with Gasteiger partial charge in [0.05, 0.1) is 6.54 Å². The molecule has 1 heterocycles. The van der Waals surface area contributed by atoms with Gasteiger partial charge in [-0.05, 0) is 55.1 Å². The third-order valence-corrected chi connectivity index (χ3v) is 7.42. The Bertz CT molecular complexity index is 1200. The van der Waals surface area contributed by atoms with E-state index >= 15 is 0 Å². The summed E-state index contributed by atoms with van der Waals surface area (Å²) in [5.74, 6) is -0.109. The second-order valence-corrected chi connectivity index (χ2v) is 10.4. The number of carbonyl (C=O) groups excluding carboxylic acids is 1. The van der Waals surface area contributed by atoms with Crippen molar-refractivity contribution in [3.8, 4) is 0 Å². The lowest BCUT2D eigenvalue weighted by molar-refractivity contribution is 0.0934. The first kappa shape index (κ1) is 26.7. The monoisotopic (exact) mass is 515 g/mol. The first-order valence-corrected chi connectivity index (χ1v) is 13.7. The molecule has 0 saturated heterocycles. The fraction of sp³-hybridized carbons (Fsp3) is 0.290. The number of carbonyl (C=O) groups is 1. The summed E-state index contributed by atoms with van der Waals surface area (Å²) < 4.78 is 13.5. The Kier molecular flexibility index (Phi) is 9.58. The van der Waals surface area contributed by atoms with E-state index in [0.29, 0.717) is 18.8 Å². The summed E-state index contributed by atoms with van der Waals surface area (Å²) in [6, 6.07) is 28.0. The van der Waals surface area contributed by atoms with Crippen LogP contribution in [0.15, 0.2) is 90.3 Å². The number of thiazole rings is 1. The zero-order valence-electron chi connectivity index (χ0n) is 21.4. The molecule has 0 aliphatic heterocycles. The van der Waals surface area contributed by atoms with Crippen LogP contribution < -0.4 is 5.32 Å². The Labute approximate surface area is 223 Å². The third kappa shape index (κ3) is 7.81. The standard InChI is InChI=1S/C31H34FN3OS/c1-3-23(2)33-31(36)29-22-37-30(34-29)21-35(20-24-14-16-27(32)17-15-24)19-18-28(25-10-6-4-7-11-25)26-12-8-5-9-13-26/h4-17,22-23,28H,3,18-21H2,1-2H3,(H,33,36)/t23-/m0/s1. The molecule has 1 N–H and O–H groups in total. The van der Waals surface area contributed by atoms with Crippen molar-refractivity contribution in [2.24, 2.45) is 0 Å². The molecule has 1 aromatic heterocycles. The average molecular weight is 516 g/mol. The number of halogens is 1. The quantitative estimate of drug-likeness (QED) is 0.220. The molecular weight excluding hydrogens is 481 g/mol. The molecule has 0 saturated carbocycles. The molecule has 3 aromatic carbocycles. The largest absolute Gasteiger partial charge is 0.348 e. The predicted octanol–water partition coefficient (Wildman–Crippen LogP) is 7.03. The van der Waals surface area contributed by atoms with Crippen LogP contribution in [-0.2, 0) is 13.1 Å². The zero-order chi connectivity index (χ0) is 26.0. The SMILES string of the molecule is CC[C@H](C)NC(=O)c1csc(CN(CCC(c2ccccc2)c2ccccc2)Cc2ccc(F)cc2)n1. The van der Waals surface area contributed by atoms with E-state index in [0.717, 1.165) is 30.0 Å². The van der Waals surface area contributed by atoms with Crippen LogP contribution in [0.1, 0.15) is 64.8 Å². The number of hydrogen-bond donors (Lipinski definition) is 1. The van der Waals surface area contributed by atoms with Crippen molar-refractivity contribution >= 4 is 17.2 Å². The lowest BCUT2D eigenvalue weighted by Gasteiger charge is -2.25. The van der Waals surface area contributed by atoms with Crippen LogP contribution in [0.2, 0.25) is 0 Å². The number of nitrogens with one attached hydrogen (secondary N) is 1. The molecule has 0 unspecified atom stereocenters. The summed E-state index contributed by atoms with van der Waals surface area (Å²) in [5.41, 5.74) is 4.08. The Morgan fingerprint density at radius 1 is 0.946 bits per heavy atom. The van der Waals surface area contributed by atoms with Crippen molar-refractivity contribution < 1.29 is 9.18 Å². The van der Waals surface area contributed by atoms with Crippen molar-refractivity contribution in [1.29, 1.82) is 0 Å². The van der Waals surface area contributed by atoms with Crippen LogP contribution in [0.4, 0.5) is 4.39 Å². The summed E-state index contributed by atoms with van der Waals surface area (Å²) in [5, 5.41) is 5.72. The number of aromatic nitrogens is 1. The van der Waals surface area contributed by atoms with E-state index in [2.05, 4.69) is 63.7 Å². The van der Waals surface area contributed by atoms with Crippen molar-refractivity contribution in [2.45, 2.75) is 51.7 Å². The van der Waals surface area contributed by atoms with E-state index in [1.54, 1.807) is 0 Å². The van der Waals surface area contributed by atoms with Gasteiger partial charge in [-0.1, -0.05) is 79.7 Å². The van der Waals surface area contributed by atoms with E-state index in [9.17, 15) is 9.18 Å². The average Bonchev–Trinajstić information content (AvgIpc) is 3.40. The molecule has 1 atom stereocenters. The van der Waals surface area contributed by atoms with Gasteiger partial charge in [-0.3, -0.25) is 9.69 Å². The highest BCUT2D eigenvalue weighted by molar-refractivity contribution is 7.09. The number of benzene rings is 3. The Morgan fingerprint density at radius 2 is 1.57 bits per heavy atom. The highest BCUT2D eigenvalue weighted by atomic mass is 32.1. The number of hydrogen-bond acceptors (Lipinski definition) is 4. The number of amides is 1. The van der Waals surface area contributed by atoms with Crippen molar-refractivity contribution in [1.82, 2.24) is 15.2 Å². The topological polar surface area (TPSA) is 45.2 Å². The lowest BCUT2D eigenvalue weighted by atomic mass is 9.88. The van der Waals surface area contributed by atoms with E-state index in [-0.39, 0.29) is 23.7 Å². The molecule has 4 aromatic rings. The molecule has 0 spiro atoms. The van der Waals surface area contributed by atoms with Gasteiger partial charge in [-0.2, -0.15) is 0 Å². The van der Waals surface area contributed by atoms with Gasteiger partial charge in [0.2, 0.25) is 0 Å². The van der Waals surface area contributed by atoms with Crippen LogP contribution in [0.3, 0.4) is 0 Å². The predicted molar refractivity (Wildman–Crippen MR) is 149 cm³/mol. The molecule has 0 bridgehead atoms. The minimum Gasteiger partial charge on any atom is -0.348 e. The van der Waals surface area contributed by atoms with Crippen LogP contribution in [-0.4, -0.2) is 28.4 Å². The molecule has 0 fully saturated rings. The maximum Gasteiger partial charge on any atom is 0.270 e. The van der Waals surface area contributed by atoms with Gasteiger partial charge >= 0.3 is 0 Å². The minimum atomic E-state index is -0.236. The van der Waals surface area contributed by atoms with Gasteiger partial charge in [0, 0.05) is 23.9 Å². The maximum absolute atomic E-state index is 13.5. The van der Waals surface area contributed by atoms with E-state index in [4.69, 9.17) is 0 Å². The lowest BCUT2D eigenvalue weighted by Crippen LogP contribution is -2.32. The van der Waals surface area contributed by atoms with Gasteiger partial charge in [0.15, 0.2) is 0 Å². The summed E-state index contributed by atoms with van der Waals surface area (Å²) in [4.78, 5) is 19.5. The molecule has 37 heavy (non-hydrogen) atoms. The van der Waals surface area contributed by atoms with Crippen molar-refractivity contribution in [2.75, 3.05) is 6.54 Å². The number of rotatable bonds is 12. The van der Waals surface area contributed by atoms with Gasteiger partial charge in [0.25, 0.3) is 5.91 Å². The van der Waals surface area contributed by atoms with Crippen LogP contribution in [0.25, 0.3) is 0 Å². The van der Waals surface area contributed by atoms with Crippen LogP contribution in [0, 0.1) is 5.82 Å². The Balaban J connectivity index is 1.52. The molecule has 6 heteroatoms. The first-order chi connectivity index (χ1) is 18.0. The molecule has 4 rings (SSSR count). The maximum atomic E-state index is 13.5. The third-order valence-electron chi connectivity index (χ3n) is 6.59. The highest BCUT2D eigenvalue weighted by Crippen LogP contribution is 2.29. The van der Waals surface area contributed by atoms with Gasteiger partial charge < -0.3 is 5.32 Å². The molecule has 0 radical (unpaired) electrons. The fourth-order valence-electron chi connectivity index (χ4n) is 4.35. The minimum absolute atomic E-state index is 0.112. The molecule has 0 aliphatic carbocycles. The number of nitrogens with zero attached hydrogens (tertiary/aromatic N) is 2. The van der Waals surface area contributed by atoms with Crippen molar-refractivity contribution in [3.63, 3.8) is 0 Å². The van der Waals surface area contributed by atoms with Crippen LogP contribution >= 0.6 is 11.3 Å². The van der Waals surface area contributed by atoms with E-state index < -0.39 is 0 Å². The van der Waals surface area contributed by atoms with Crippen molar-refractivity contribution in [3.05, 3.63) is 124 Å². The Hall–Kier alpha value is -3.35. The second-order valence-electron chi connectivity index (χ2n) is 9.41. The van der Waals surface area contributed by atoms with E-state index in [1.165, 1.54) is 34.6 Å². The van der Waals surface area contributed by atoms with Gasteiger partial charge in [0.1, 0.15) is 16.5 Å². The van der Waals surface area contributed by atoms with E-state index in [1.807, 2.05) is 43.5 Å². The molecule has 192 valence electrons. The smallest absolute Gasteiger partial charge is 0.270 e. The first-order valence-electron chi connectivity index (χ1n) is 12.8. The highest BCUT2D eigenvalue weighted by Gasteiger charge is 2.19. The van der Waals surface area contributed by atoms with Gasteiger partial charge in [-0.15, -0.1) is 11.3 Å². The second kappa shape index (κ2) is 13.3. The summed E-state index contributed by atoms with van der Waals surface area (Å²) in [7, 11) is 0. The fourth-order valence-corrected chi connectivity index (χ4v) is 5.16. The normalized spacial score (nSPS) is 12.1. The molecular formula is C31H34FN3OS. The molecule has 4 nitrogen and oxygen atoms in total. The van der Waals surface area contributed by atoms with Gasteiger partial charge in [-0.25, -0.2) is 9.37 Å². The summed E-state index contributed by atoms with van der Waals surface area (Å²) >= 11 is 1.51.